The number of fused-ring (bicyclic) bond motifs is 1. The third kappa shape index (κ3) is 8.37. The van der Waals surface area contributed by atoms with Crippen LogP contribution in [-0.4, -0.2) is 79.1 Å². The number of aryl methyl sites for hydroxylation is 1. The van der Waals surface area contributed by atoms with E-state index in [1.54, 1.807) is 4.31 Å². The fourth-order valence-corrected chi connectivity index (χ4v) is 7.57. The van der Waals surface area contributed by atoms with Crippen molar-refractivity contribution < 1.29 is 13.2 Å². The summed E-state index contributed by atoms with van der Waals surface area (Å²) in [6.45, 7) is 6.93. The summed E-state index contributed by atoms with van der Waals surface area (Å²) in [4.78, 5) is 2.43. The van der Waals surface area contributed by atoms with Gasteiger partial charge in [0.15, 0.2) is 0 Å². The number of ether oxygens (including phenoxy) is 1. The second-order valence-electron chi connectivity index (χ2n) is 12.5. The average Bonchev–Trinajstić information content (AvgIpc) is 3.42. The van der Waals surface area contributed by atoms with Gasteiger partial charge in [-0.15, -0.1) is 0 Å². The van der Waals surface area contributed by atoms with Crippen LogP contribution < -0.4 is 5.32 Å². The molecule has 2 aliphatic heterocycles. The number of nitrogens with zero attached hydrogens (tertiary/aromatic N) is 4. The predicted octanol–water partition coefficient (Wildman–Crippen LogP) is 5.07. The molecule has 3 aliphatic rings. The van der Waals surface area contributed by atoms with Gasteiger partial charge in [0.2, 0.25) is 10.0 Å². The number of aromatic nitrogens is 2. The summed E-state index contributed by atoms with van der Waals surface area (Å²) in [5, 5.41) is 9.35. The van der Waals surface area contributed by atoms with Gasteiger partial charge in [0.1, 0.15) is 0 Å². The first-order valence-corrected chi connectivity index (χ1v) is 18.5. The Balaban J connectivity index is 1.20. The summed E-state index contributed by atoms with van der Waals surface area (Å²) in [6, 6.07) is 14.9. The summed E-state index contributed by atoms with van der Waals surface area (Å²) in [5.41, 5.74) is 6.71. The van der Waals surface area contributed by atoms with E-state index in [2.05, 4.69) is 51.0 Å². The molecule has 2 fully saturated rings. The largest absolute Gasteiger partial charge is 0.379 e. The van der Waals surface area contributed by atoms with Crippen molar-refractivity contribution >= 4 is 21.6 Å². The number of hydrogen-bond acceptors (Lipinski definition) is 6. The quantitative estimate of drug-likeness (QED) is 0.327. The SMILES string of the molecule is CS(=O)(=O)N1CCc2c(c(-c3ccc(Cl)c(C#Cc4ccc(CNC5CCCCC5)cc4)c3)nn2CCCN2CCOCC2)C1. The van der Waals surface area contributed by atoms with E-state index in [4.69, 9.17) is 21.4 Å². The van der Waals surface area contributed by atoms with Crippen LogP contribution in [0.4, 0.5) is 0 Å². The number of morpholine rings is 1. The van der Waals surface area contributed by atoms with Crippen LogP contribution in [0.1, 0.15) is 66.5 Å². The lowest BCUT2D eigenvalue weighted by Gasteiger charge is -2.27. The first-order chi connectivity index (χ1) is 21.8. The Morgan fingerprint density at radius 2 is 1.78 bits per heavy atom. The maximum absolute atomic E-state index is 12.5. The Bertz CT molecular complexity index is 1630. The highest BCUT2D eigenvalue weighted by Gasteiger charge is 2.30. The molecule has 0 unspecified atom stereocenters. The Labute approximate surface area is 273 Å². The summed E-state index contributed by atoms with van der Waals surface area (Å²) >= 11 is 6.63. The van der Waals surface area contributed by atoms with Gasteiger partial charge in [-0.2, -0.15) is 9.40 Å². The summed E-state index contributed by atoms with van der Waals surface area (Å²) in [5.74, 6) is 6.56. The van der Waals surface area contributed by atoms with Crippen molar-refractivity contribution in [2.45, 2.75) is 70.6 Å². The van der Waals surface area contributed by atoms with Crippen LogP contribution >= 0.6 is 11.6 Å². The van der Waals surface area contributed by atoms with Crippen molar-refractivity contribution in [2.75, 3.05) is 45.6 Å². The van der Waals surface area contributed by atoms with Gasteiger partial charge in [0, 0.05) is 86.2 Å². The number of rotatable bonds is 9. The molecule has 3 aromatic rings. The molecule has 6 rings (SSSR count). The fourth-order valence-electron chi connectivity index (χ4n) is 6.62. The molecule has 1 saturated heterocycles. The maximum Gasteiger partial charge on any atom is 0.211 e. The van der Waals surface area contributed by atoms with E-state index in [1.807, 2.05) is 18.2 Å². The molecule has 240 valence electrons. The van der Waals surface area contributed by atoms with Crippen LogP contribution in [0, 0.1) is 11.8 Å². The van der Waals surface area contributed by atoms with Crippen LogP contribution in [0.15, 0.2) is 42.5 Å². The van der Waals surface area contributed by atoms with Crippen molar-refractivity contribution in [3.8, 4) is 23.1 Å². The lowest BCUT2D eigenvalue weighted by Crippen LogP contribution is -2.37. The van der Waals surface area contributed by atoms with Crippen LogP contribution in [-0.2, 0) is 40.8 Å². The lowest BCUT2D eigenvalue weighted by atomic mass is 9.95. The molecule has 1 aromatic heterocycles. The molecule has 2 aromatic carbocycles. The Morgan fingerprint density at radius 1 is 1.00 bits per heavy atom. The Morgan fingerprint density at radius 3 is 2.53 bits per heavy atom. The van der Waals surface area contributed by atoms with Crippen molar-refractivity contribution in [1.29, 1.82) is 0 Å². The molecule has 0 atom stereocenters. The van der Waals surface area contributed by atoms with E-state index in [9.17, 15) is 8.42 Å². The third-order valence-electron chi connectivity index (χ3n) is 9.25. The van der Waals surface area contributed by atoms with E-state index in [0.717, 1.165) is 86.0 Å². The minimum atomic E-state index is -3.33. The molecule has 0 spiro atoms. The molecule has 10 heteroatoms. The first kappa shape index (κ1) is 32.2. The zero-order valence-corrected chi connectivity index (χ0v) is 27.8. The van der Waals surface area contributed by atoms with Crippen molar-refractivity contribution in [1.82, 2.24) is 24.3 Å². The highest BCUT2D eigenvalue weighted by atomic mass is 35.5. The molecule has 8 nitrogen and oxygen atoms in total. The summed E-state index contributed by atoms with van der Waals surface area (Å²) < 4.78 is 34.1. The molecule has 1 saturated carbocycles. The Hall–Kier alpha value is -2.71. The predicted molar refractivity (Wildman–Crippen MR) is 180 cm³/mol. The van der Waals surface area contributed by atoms with Gasteiger partial charge in [0.25, 0.3) is 0 Å². The molecular weight excluding hydrogens is 606 g/mol. The van der Waals surface area contributed by atoms with Gasteiger partial charge in [0.05, 0.1) is 30.2 Å². The van der Waals surface area contributed by atoms with Gasteiger partial charge in [-0.1, -0.05) is 60.9 Å². The van der Waals surface area contributed by atoms with Crippen LogP contribution in [0.3, 0.4) is 0 Å². The zero-order valence-electron chi connectivity index (χ0n) is 26.2. The molecule has 0 bridgehead atoms. The summed E-state index contributed by atoms with van der Waals surface area (Å²) in [7, 11) is -3.33. The molecule has 0 radical (unpaired) electrons. The zero-order chi connectivity index (χ0) is 31.2. The summed E-state index contributed by atoms with van der Waals surface area (Å²) in [6.07, 6.45) is 9.45. The van der Waals surface area contributed by atoms with E-state index >= 15 is 0 Å². The highest BCUT2D eigenvalue weighted by Crippen LogP contribution is 2.33. The molecule has 1 N–H and O–H groups in total. The van der Waals surface area contributed by atoms with Crippen molar-refractivity contribution in [3.63, 3.8) is 0 Å². The minimum Gasteiger partial charge on any atom is -0.379 e. The second-order valence-corrected chi connectivity index (χ2v) is 14.9. The monoisotopic (exact) mass is 649 g/mol. The normalized spacial score (nSPS) is 18.4. The Kier molecular flexibility index (Phi) is 10.6. The number of sulfonamides is 1. The third-order valence-corrected chi connectivity index (χ3v) is 10.8. The van der Waals surface area contributed by atoms with Gasteiger partial charge >= 0.3 is 0 Å². The number of halogens is 1. The number of benzene rings is 2. The number of nitrogens with one attached hydrogen (secondary N) is 1. The van der Waals surface area contributed by atoms with Gasteiger partial charge in [-0.25, -0.2) is 8.42 Å². The van der Waals surface area contributed by atoms with E-state index in [0.29, 0.717) is 30.6 Å². The second kappa shape index (κ2) is 14.8. The highest BCUT2D eigenvalue weighted by molar-refractivity contribution is 7.88. The van der Waals surface area contributed by atoms with Crippen molar-refractivity contribution in [2.24, 2.45) is 0 Å². The van der Waals surface area contributed by atoms with Gasteiger partial charge in [-0.05, 0) is 49.1 Å². The molecular formula is C35H44ClN5O3S. The first-order valence-electron chi connectivity index (χ1n) is 16.3. The van der Waals surface area contributed by atoms with E-state index in [-0.39, 0.29) is 0 Å². The van der Waals surface area contributed by atoms with Crippen LogP contribution in [0.2, 0.25) is 5.02 Å². The number of hydrogen-bond donors (Lipinski definition) is 1. The smallest absolute Gasteiger partial charge is 0.211 e. The molecule has 0 amide bonds. The lowest BCUT2D eigenvalue weighted by molar-refractivity contribution is 0.0368. The molecule has 3 heterocycles. The van der Waals surface area contributed by atoms with Crippen LogP contribution in [0.5, 0.6) is 0 Å². The van der Waals surface area contributed by atoms with E-state index < -0.39 is 10.0 Å². The topological polar surface area (TPSA) is 79.7 Å². The molecule has 45 heavy (non-hydrogen) atoms. The minimum absolute atomic E-state index is 0.318. The van der Waals surface area contributed by atoms with Gasteiger partial charge in [-0.3, -0.25) is 9.58 Å². The maximum atomic E-state index is 12.5. The van der Waals surface area contributed by atoms with E-state index in [1.165, 1.54) is 43.9 Å². The standard InChI is InChI=1S/C35H44ClN5O3S/c1-45(42,43)40-19-16-34-32(26-40)35(38-41(34)18-5-17-39-20-22-44-23-21-39)30-14-15-33(36)29(24-30)13-12-27-8-10-28(11-9-27)25-37-31-6-3-2-4-7-31/h8-11,14-15,24,31,37H,2-7,16-23,25-26H2,1H3. The van der Waals surface area contributed by atoms with Gasteiger partial charge < -0.3 is 10.1 Å². The average molecular weight is 650 g/mol. The van der Waals surface area contributed by atoms with Crippen molar-refractivity contribution in [3.05, 3.63) is 75.4 Å². The molecule has 1 aliphatic carbocycles. The van der Waals surface area contributed by atoms with Crippen LogP contribution in [0.25, 0.3) is 11.3 Å². The fraction of sp³-hybridized carbons (Fsp3) is 0.514.